The molecule has 0 aliphatic carbocycles. The average molecular weight is 1480 g/mol. The van der Waals surface area contributed by atoms with E-state index in [9.17, 15) is 80.5 Å². The van der Waals surface area contributed by atoms with E-state index in [4.69, 9.17) is 49.4 Å². The molecule has 0 radical (unpaired) electrons. The summed E-state index contributed by atoms with van der Waals surface area (Å²) in [5.41, 5.74) is 13.4. The molecule has 26 atom stereocenters. The number of fused-ring (bicyclic) bond motifs is 1. The number of rotatable bonds is 19. The molecule has 38 heteroatoms. The number of aliphatic imine (C=N–C) groups is 2. The fourth-order valence-electron chi connectivity index (χ4n) is 13.2. The predicted octanol–water partition coefficient (Wildman–Crippen LogP) is -9.06. The molecule has 0 bridgehead atoms. The summed E-state index contributed by atoms with van der Waals surface area (Å²) in [4.78, 5) is 96.7. The Labute approximate surface area is 598 Å². The van der Waals surface area contributed by atoms with E-state index in [0.29, 0.717) is 22.6 Å². The van der Waals surface area contributed by atoms with Crippen molar-refractivity contribution in [2.75, 3.05) is 46.1 Å². The molecule has 6 amide bonds. The van der Waals surface area contributed by atoms with Crippen LogP contribution in [0.25, 0.3) is 0 Å². The van der Waals surface area contributed by atoms with Crippen LogP contribution in [0.4, 0.5) is 0 Å². The molecule has 570 valence electrons. The molecule has 23 N–H and O–H groups in total. The Morgan fingerprint density at radius 2 is 1.22 bits per heavy atom. The maximum Gasteiger partial charge on any atom is 0.246 e. The van der Waals surface area contributed by atoms with Gasteiger partial charge in [0.15, 0.2) is 30.7 Å². The molecule has 0 saturated carbocycles. The molecule has 5 fully saturated rings. The third-order valence-electron chi connectivity index (χ3n) is 19.1. The van der Waals surface area contributed by atoms with Crippen molar-refractivity contribution in [3.05, 3.63) is 126 Å². The lowest BCUT2D eigenvalue weighted by Crippen LogP contribution is -2.70. The predicted molar refractivity (Wildman–Crippen MR) is 357 cm³/mol. The van der Waals surface area contributed by atoms with Gasteiger partial charge in [-0.1, -0.05) is 79.7 Å². The standard InChI is InChI=1S/C67H86N12O26/c1-28(30-9-4-2-5-10-30)43-59(95)73-35(19-29-15-17-33(18-16-29)100-64-53(91)50(88)55(40(26-82)102-64)105-65-54(92)51(89)56-41(103-65)27-98-63(104-56)31-11-8-14-34(20-31)99-32-12-6-3-7-13-32)58(94)77-44(46(84)36-21-71-66(68)75-36)61(97)78-45(60(96)74-37(24-80)57(93)70-23-42(83)76-43)47(85)38-22-72-67(69)79(38)62-52(90)49(87)48(86)39(25-81)101-62/h2-18,20,28,35-41,43-56,62-65,80-82,84-92H,19,21-27H2,1H3,(H2,69,72)(H,70,93)(H,73,95)(H,74,96)(H,76,83)(H,77,94)(H,78,97)(H3,68,71,75). The van der Waals surface area contributed by atoms with Gasteiger partial charge in [-0.05, 0) is 47.5 Å². The summed E-state index contributed by atoms with van der Waals surface area (Å²) >= 11 is 0. The molecular formula is C67H86N12O26. The highest BCUT2D eigenvalue weighted by Crippen LogP contribution is 2.38. The first-order valence-corrected chi connectivity index (χ1v) is 33.8. The molecule has 7 aliphatic heterocycles. The molecule has 26 unspecified atom stereocenters. The van der Waals surface area contributed by atoms with Gasteiger partial charge in [-0.25, -0.2) is 0 Å². The summed E-state index contributed by atoms with van der Waals surface area (Å²) in [5, 5.41) is 151. The zero-order valence-corrected chi connectivity index (χ0v) is 56.1. The molecule has 5 saturated heterocycles. The average Bonchev–Trinajstić information content (AvgIpc) is 1.71. The van der Waals surface area contributed by atoms with Crippen molar-refractivity contribution in [1.82, 2.24) is 42.1 Å². The van der Waals surface area contributed by atoms with Crippen molar-refractivity contribution in [2.24, 2.45) is 21.5 Å². The molecule has 7 aliphatic rings. The number of benzene rings is 4. The SMILES string of the molecule is CC(c1ccccc1)C1NC(=O)CNC(=O)C(CO)NC(=O)C(C(O)C2CN=C(N)N2C2OC(CO)C(O)C(O)C2O)NC(=O)C(C(O)C2CN=C(N)N2)NC(=O)C(Cc2ccc(OC3OC(CO)C(OC4OC5COC(c6cccc(Oc7ccccc7)c6)OC5C(O)C4O)C(O)C3O)cc2)NC1=O. The van der Waals surface area contributed by atoms with Crippen molar-refractivity contribution < 1.29 is 128 Å². The Hall–Kier alpha value is -8.88. The van der Waals surface area contributed by atoms with Gasteiger partial charge in [0.1, 0.15) is 133 Å². The van der Waals surface area contributed by atoms with Crippen molar-refractivity contribution in [3.8, 4) is 17.2 Å². The molecular weight excluding hydrogens is 1390 g/mol. The molecule has 7 heterocycles. The largest absolute Gasteiger partial charge is 0.462 e. The number of carbonyl (C=O) groups is 6. The lowest BCUT2D eigenvalue weighted by atomic mass is 9.92. The lowest BCUT2D eigenvalue weighted by molar-refractivity contribution is -0.383. The minimum absolute atomic E-state index is 0.0540. The maximum absolute atomic E-state index is 15.2. The number of para-hydroxylation sites is 1. The second kappa shape index (κ2) is 34.1. The number of aliphatic hydroxyl groups is 12. The summed E-state index contributed by atoms with van der Waals surface area (Å²) in [6, 6.07) is 16.9. The molecule has 4 aromatic carbocycles. The number of aliphatic hydroxyl groups excluding tert-OH is 12. The van der Waals surface area contributed by atoms with E-state index >= 15 is 9.59 Å². The molecule has 0 aromatic heterocycles. The molecule has 0 spiro atoms. The van der Waals surface area contributed by atoms with Gasteiger partial charge in [-0.2, -0.15) is 0 Å². The van der Waals surface area contributed by atoms with Gasteiger partial charge in [0.05, 0.1) is 58.1 Å². The number of nitrogens with zero attached hydrogens (tertiary/aromatic N) is 3. The van der Waals surface area contributed by atoms with Gasteiger partial charge < -0.3 is 153 Å². The van der Waals surface area contributed by atoms with Gasteiger partial charge >= 0.3 is 0 Å². The summed E-state index contributed by atoms with van der Waals surface area (Å²) in [6.45, 7) is -3.28. The fourth-order valence-corrected chi connectivity index (χ4v) is 13.2. The van der Waals surface area contributed by atoms with E-state index in [1.165, 1.54) is 24.3 Å². The molecule has 38 nitrogen and oxygen atoms in total. The quantitative estimate of drug-likeness (QED) is 0.0414. The summed E-state index contributed by atoms with van der Waals surface area (Å²) in [6.07, 6.45) is -31.2. The van der Waals surface area contributed by atoms with Crippen molar-refractivity contribution >= 4 is 47.4 Å². The number of amides is 6. The summed E-state index contributed by atoms with van der Waals surface area (Å²) in [7, 11) is 0. The van der Waals surface area contributed by atoms with E-state index in [-0.39, 0.29) is 30.4 Å². The highest BCUT2D eigenvalue weighted by Gasteiger charge is 2.55. The van der Waals surface area contributed by atoms with Crippen LogP contribution >= 0.6 is 0 Å². The monoisotopic (exact) mass is 1470 g/mol. The van der Waals surface area contributed by atoms with Gasteiger partial charge in [-0.3, -0.25) is 38.8 Å². The van der Waals surface area contributed by atoms with Gasteiger partial charge in [0, 0.05) is 17.9 Å². The van der Waals surface area contributed by atoms with Crippen LogP contribution in [0.15, 0.2) is 119 Å². The molecule has 105 heavy (non-hydrogen) atoms. The van der Waals surface area contributed by atoms with E-state index in [1.54, 1.807) is 73.7 Å². The number of nitrogens with two attached hydrogens (primary N) is 2. The van der Waals surface area contributed by atoms with Crippen LogP contribution in [0, 0.1) is 0 Å². The number of nitrogens with one attached hydrogen (secondary N) is 7. The highest BCUT2D eigenvalue weighted by atomic mass is 16.8. The van der Waals surface area contributed by atoms with Crippen LogP contribution in [-0.2, 0) is 63.6 Å². The lowest BCUT2D eigenvalue weighted by Gasteiger charge is -2.48. The first-order valence-electron chi connectivity index (χ1n) is 33.8. The summed E-state index contributed by atoms with van der Waals surface area (Å²) in [5.74, 6) is -7.88. The van der Waals surface area contributed by atoms with Crippen LogP contribution < -0.4 is 58.2 Å². The summed E-state index contributed by atoms with van der Waals surface area (Å²) < 4.78 is 47.6. The van der Waals surface area contributed by atoms with Gasteiger partial charge in [-0.15, -0.1) is 0 Å². The number of carbonyl (C=O) groups excluding carboxylic acids is 6. The Bertz CT molecular complexity index is 3720. The van der Waals surface area contributed by atoms with Crippen LogP contribution in [-0.4, -0.2) is 306 Å². The first-order chi connectivity index (χ1) is 50.3. The maximum atomic E-state index is 15.2. The Kier molecular flexibility index (Phi) is 25.1. The zero-order chi connectivity index (χ0) is 75.1. The van der Waals surface area contributed by atoms with Crippen LogP contribution in [0.1, 0.15) is 35.8 Å². The first kappa shape index (κ1) is 77.2. The molecule has 11 rings (SSSR count). The second-order valence-corrected chi connectivity index (χ2v) is 26.1. The van der Waals surface area contributed by atoms with Gasteiger partial charge in [0.25, 0.3) is 0 Å². The fraction of sp³-hybridized carbons (Fsp3) is 0.522. The molecule has 4 aromatic rings. The van der Waals surface area contributed by atoms with Crippen LogP contribution in [0.2, 0.25) is 0 Å². The second-order valence-electron chi connectivity index (χ2n) is 26.1. The van der Waals surface area contributed by atoms with Crippen molar-refractivity contribution in [1.29, 1.82) is 0 Å². The Morgan fingerprint density at radius 1 is 0.571 bits per heavy atom. The van der Waals surface area contributed by atoms with Crippen molar-refractivity contribution in [3.63, 3.8) is 0 Å². The topological polar surface area (TPSA) is 583 Å². The number of ether oxygens (including phenoxy) is 8. The Morgan fingerprint density at radius 3 is 1.90 bits per heavy atom. The third kappa shape index (κ3) is 17.5. The Balaban J connectivity index is 0.824. The van der Waals surface area contributed by atoms with E-state index in [2.05, 4.69) is 47.2 Å². The normalized spacial score (nSPS) is 35.4. The highest BCUT2D eigenvalue weighted by molar-refractivity contribution is 5.98. The van der Waals surface area contributed by atoms with Gasteiger partial charge in [0.2, 0.25) is 41.7 Å². The zero-order valence-electron chi connectivity index (χ0n) is 56.1. The minimum atomic E-state index is -2.35. The number of guanidine groups is 2. The van der Waals surface area contributed by atoms with E-state index in [0.717, 1.165) is 4.90 Å². The van der Waals surface area contributed by atoms with Crippen molar-refractivity contribution in [2.45, 2.75) is 172 Å². The smallest absolute Gasteiger partial charge is 0.246 e. The minimum Gasteiger partial charge on any atom is -0.462 e. The van der Waals surface area contributed by atoms with Crippen LogP contribution in [0.5, 0.6) is 17.2 Å². The third-order valence-corrected chi connectivity index (χ3v) is 19.1. The number of hydrogen-bond acceptors (Lipinski definition) is 32. The van der Waals surface area contributed by atoms with Crippen LogP contribution in [0.3, 0.4) is 0 Å². The van der Waals surface area contributed by atoms with E-state index < -0.39 is 239 Å². The number of hydrogen-bond donors (Lipinski definition) is 21. The van der Waals surface area contributed by atoms with E-state index in [1.807, 2.05) is 18.2 Å².